The van der Waals surface area contributed by atoms with Crippen LogP contribution < -0.4 is 10.9 Å². The number of aryl methyl sites for hydroxylation is 1. The summed E-state index contributed by atoms with van der Waals surface area (Å²) in [5.74, 6) is 0.409. The molecule has 1 aliphatic carbocycles. The zero-order valence-electron chi connectivity index (χ0n) is 11.0. The summed E-state index contributed by atoms with van der Waals surface area (Å²) in [6, 6.07) is 1.50. The van der Waals surface area contributed by atoms with Crippen molar-refractivity contribution in [2.24, 2.45) is 0 Å². The SMILES string of the molecule is CCc1nc(Cl)cc(=O)n1CC(=O)NC1CCCC1. The molecule has 0 unspecified atom stereocenters. The van der Waals surface area contributed by atoms with Gasteiger partial charge in [-0.25, -0.2) is 4.98 Å². The molecule has 1 N–H and O–H groups in total. The average molecular weight is 284 g/mol. The van der Waals surface area contributed by atoms with Crippen LogP contribution >= 0.6 is 11.6 Å². The second-order valence-corrected chi connectivity index (χ2v) is 5.21. The lowest BCUT2D eigenvalue weighted by molar-refractivity contribution is -0.122. The molecule has 1 fully saturated rings. The van der Waals surface area contributed by atoms with Gasteiger partial charge in [-0.2, -0.15) is 0 Å². The van der Waals surface area contributed by atoms with Gasteiger partial charge in [-0.3, -0.25) is 14.2 Å². The van der Waals surface area contributed by atoms with Crippen molar-refractivity contribution in [2.75, 3.05) is 0 Å². The maximum Gasteiger partial charge on any atom is 0.255 e. The van der Waals surface area contributed by atoms with Gasteiger partial charge in [0.25, 0.3) is 5.56 Å². The molecule has 0 spiro atoms. The Balaban J connectivity index is 2.09. The second-order valence-electron chi connectivity index (χ2n) is 4.82. The van der Waals surface area contributed by atoms with E-state index in [1.54, 1.807) is 0 Å². The van der Waals surface area contributed by atoms with E-state index in [-0.39, 0.29) is 29.2 Å². The lowest BCUT2D eigenvalue weighted by Crippen LogP contribution is -2.38. The number of nitrogens with one attached hydrogen (secondary N) is 1. The normalized spacial score (nSPS) is 15.7. The van der Waals surface area contributed by atoms with Crippen LogP contribution in [0.5, 0.6) is 0 Å². The first-order valence-electron chi connectivity index (χ1n) is 6.65. The number of carbonyl (C=O) groups is 1. The Morgan fingerprint density at radius 2 is 2.21 bits per heavy atom. The molecule has 0 saturated heterocycles. The standard InChI is InChI=1S/C13H18ClN3O2/c1-2-11-16-10(14)7-13(19)17(11)8-12(18)15-9-5-3-4-6-9/h7,9H,2-6,8H2,1H3,(H,15,18). The van der Waals surface area contributed by atoms with Gasteiger partial charge < -0.3 is 5.32 Å². The van der Waals surface area contributed by atoms with E-state index >= 15 is 0 Å². The fraction of sp³-hybridized carbons (Fsp3) is 0.615. The van der Waals surface area contributed by atoms with Crippen LogP contribution in [0.2, 0.25) is 5.15 Å². The van der Waals surface area contributed by atoms with E-state index in [0.717, 1.165) is 25.7 Å². The van der Waals surface area contributed by atoms with Crippen molar-refractivity contribution in [1.29, 1.82) is 0 Å². The molecule has 0 aromatic carbocycles. The number of hydrogen-bond acceptors (Lipinski definition) is 3. The zero-order chi connectivity index (χ0) is 13.8. The second kappa shape index (κ2) is 6.19. The van der Waals surface area contributed by atoms with Gasteiger partial charge in [-0.1, -0.05) is 31.4 Å². The number of amides is 1. The first kappa shape index (κ1) is 14.1. The Bertz CT molecular complexity index is 521. The molecule has 6 heteroatoms. The fourth-order valence-corrected chi connectivity index (χ4v) is 2.64. The average Bonchev–Trinajstić information content (AvgIpc) is 2.85. The van der Waals surface area contributed by atoms with Gasteiger partial charge in [0.15, 0.2) is 0 Å². The molecule has 19 heavy (non-hydrogen) atoms. The molecule has 1 aromatic heterocycles. The summed E-state index contributed by atoms with van der Waals surface area (Å²) < 4.78 is 1.39. The smallest absolute Gasteiger partial charge is 0.255 e. The van der Waals surface area contributed by atoms with Crippen LogP contribution in [0.3, 0.4) is 0 Å². The van der Waals surface area contributed by atoms with Crippen molar-refractivity contribution in [1.82, 2.24) is 14.9 Å². The van der Waals surface area contributed by atoms with E-state index in [4.69, 9.17) is 11.6 Å². The molecular formula is C13H18ClN3O2. The minimum Gasteiger partial charge on any atom is -0.352 e. The van der Waals surface area contributed by atoms with Crippen LogP contribution in [0.25, 0.3) is 0 Å². The molecule has 5 nitrogen and oxygen atoms in total. The number of carbonyl (C=O) groups excluding carboxylic acids is 1. The maximum atomic E-state index is 11.9. The molecule has 1 aliphatic rings. The summed E-state index contributed by atoms with van der Waals surface area (Å²) in [6.45, 7) is 1.89. The minimum absolute atomic E-state index is 0.0165. The van der Waals surface area contributed by atoms with Gasteiger partial charge >= 0.3 is 0 Å². The topological polar surface area (TPSA) is 64.0 Å². The van der Waals surface area contributed by atoms with E-state index in [0.29, 0.717) is 12.2 Å². The molecule has 2 rings (SSSR count). The molecule has 1 heterocycles. The largest absolute Gasteiger partial charge is 0.352 e. The first-order valence-corrected chi connectivity index (χ1v) is 7.03. The molecular weight excluding hydrogens is 266 g/mol. The number of hydrogen-bond donors (Lipinski definition) is 1. The molecule has 0 atom stereocenters. The van der Waals surface area contributed by atoms with Crippen molar-refractivity contribution in [3.63, 3.8) is 0 Å². The number of nitrogens with zero attached hydrogens (tertiary/aromatic N) is 2. The predicted molar refractivity (Wildman–Crippen MR) is 73.3 cm³/mol. The monoisotopic (exact) mass is 283 g/mol. The van der Waals surface area contributed by atoms with Gasteiger partial charge in [-0.15, -0.1) is 0 Å². The first-order chi connectivity index (χ1) is 9.10. The Labute approximate surface area is 117 Å². The minimum atomic E-state index is -0.279. The third-order valence-corrected chi connectivity index (χ3v) is 3.59. The van der Waals surface area contributed by atoms with Crippen molar-refractivity contribution in [2.45, 2.75) is 51.6 Å². The Morgan fingerprint density at radius 1 is 1.53 bits per heavy atom. The summed E-state index contributed by atoms with van der Waals surface area (Å²) in [5, 5.41) is 3.14. The van der Waals surface area contributed by atoms with Crippen LogP contribution in [-0.4, -0.2) is 21.5 Å². The van der Waals surface area contributed by atoms with Gasteiger partial charge in [0.1, 0.15) is 17.5 Å². The van der Waals surface area contributed by atoms with E-state index in [2.05, 4.69) is 10.3 Å². The van der Waals surface area contributed by atoms with Gasteiger partial charge in [-0.05, 0) is 12.8 Å². The molecule has 0 aliphatic heterocycles. The van der Waals surface area contributed by atoms with Crippen LogP contribution in [0, 0.1) is 0 Å². The van der Waals surface area contributed by atoms with Gasteiger partial charge in [0.05, 0.1) is 0 Å². The Kier molecular flexibility index (Phi) is 4.58. The van der Waals surface area contributed by atoms with E-state index in [9.17, 15) is 9.59 Å². The van der Waals surface area contributed by atoms with Gasteiger partial charge in [0.2, 0.25) is 5.91 Å². The third-order valence-electron chi connectivity index (χ3n) is 3.39. The van der Waals surface area contributed by atoms with Crippen LogP contribution in [0.4, 0.5) is 0 Å². The highest BCUT2D eigenvalue weighted by atomic mass is 35.5. The van der Waals surface area contributed by atoms with Crippen LogP contribution in [-0.2, 0) is 17.8 Å². The van der Waals surface area contributed by atoms with Crippen molar-refractivity contribution >= 4 is 17.5 Å². The molecule has 104 valence electrons. The summed E-state index contributed by atoms with van der Waals surface area (Å²) in [7, 11) is 0. The van der Waals surface area contributed by atoms with Crippen LogP contribution in [0.15, 0.2) is 10.9 Å². The number of halogens is 1. The maximum absolute atomic E-state index is 11.9. The molecule has 1 amide bonds. The summed E-state index contributed by atoms with van der Waals surface area (Å²) in [6.07, 6.45) is 4.94. The van der Waals surface area contributed by atoms with E-state index in [1.807, 2.05) is 6.92 Å². The molecule has 0 radical (unpaired) electrons. The third kappa shape index (κ3) is 3.56. The quantitative estimate of drug-likeness (QED) is 0.852. The molecule has 0 bridgehead atoms. The van der Waals surface area contributed by atoms with Crippen molar-refractivity contribution in [3.8, 4) is 0 Å². The number of aromatic nitrogens is 2. The lowest BCUT2D eigenvalue weighted by Gasteiger charge is -2.14. The summed E-state index contributed by atoms with van der Waals surface area (Å²) in [5.41, 5.74) is -0.279. The predicted octanol–water partition coefficient (Wildman–Crippen LogP) is 1.52. The highest BCUT2D eigenvalue weighted by Gasteiger charge is 2.18. The Hall–Kier alpha value is -1.36. The highest BCUT2D eigenvalue weighted by molar-refractivity contribution is 6.29. The number of rotatable bonds is 4. The highest BCUT2D eigenvalue weighted by Crippen LogP contribution is 2.17. The molecule has 1 saturated carbocycles. The van der Waals surface area contributed by atoms with Gasteiger partial charge in [0, 0.05) is 18.5 Å². The van der Waals surface area contributed by atoms with E-state index < -0.39 is 0 Å². The van der Waals surface area contributed by atoms with Crippen molar-refractivity contribution < 1.29 is 4.79 Å². The van der Waals surface area contributed by atoms with Crippen molar-refractivity contribution in [3.05, 3.63) is 27.4 Å². The Morgan fingerprint density at radius 3 is 2.84 bits per heavy atom. The lowest BCUT2D eigenvalue weighted by atomic mass is 10.2. The fourth-order valence-electron chi connectivity index (χ4n) is 2.45. The summed E-state index contributed by atoms with van der Waals surface area (Å²) in [4.78, 5) is 27.9. The zero-order valence-corrected chi connectivity index (χ0v) is 11.7. The van der Waals surface area contributed by atoms with E-state index in [1.165, 1.54) is 10.6 Å². The van der Waals surface area contributed by atoms with Crippen LogP contribution in [0.1, 0.15) is 38.4 Å². The molecule has 1 aromatic rings. The summed E-state index contributed by atoms with van der Waals surface area (Å²) >= 11 is 5.75.